The van der Waals surface area contributed by atoms with Crippen LogP contribution in [0.5, 0.6) is 17.2 Å². The van der Waals surface area contributed by atoms with E-state index < -0.39 is 5.41 Å². The van der Waals surface area contributed by atoms with Gasteiger partial charge in [-0.2, -0.15) is 0 Å². The molecule has 1 spiro atoms. The van der Waals surface area contributed by atoms with Gasteiger partial charge in [0.05, 0.1) is 12.5 Å². The zero-order valence-electron chi connectivity index (χ0n) is 17.5. The summed E-state index contributed by atoms with van der Waals surface area (Å²) in [4.78, 5) is 19.7. The fourth-order valence-electron chi connectivity index (χ4n) is 4.62. The quantitative estimate of drug-likeness (QED) is 0.671. The van der Waals surface area contributed by atoms with Gasteiger partial charge in [0.15, 0.2) is 11.5 Å². The molecule has 0 bridgehead atoms. The normalized spacial score (nSPS) is 17.3. The summed E-state index contributed by atoms with van der Waals surface area (Å²) in [5.41, 5.74) is 2.51. The van der Waals surface area contributed by atoms with E-state index in [0.717, 1.165) is 49.5 Å². The molecule has 2 aliphatic heterocycles. The highest BCUT2D eigenvalue weighted by atomic mass is 16.5. The molecule has 0 atom stereocenters. The van der Waals surface area contributed by atoms with E-state index in [-0.39, 0.29) is 5.91 Å². The average Bonchev–Trinajstić information content (AvgIpc) is 3.06. The number of carbonyl (C=O) groups excluding carboxylic acids is 1. The third kappa shape index (κ3) is 3.64. The van der Waals surface area contributed by atoms with Crippen LogP contribution < -0.4 is 14.8 Å². The number of fused-ring (bicyclic) bond motifs is 2. The molecule has 31 heavy (non-hydrogen) atoms. The minimum absolute atomic E-state index is 0.0717. The Balaban J connectivity index is 1.39. The molecule has 0 saturated carbocycles. The van der Waals surface area contributed by atoms with E-state index in [1.165, 1.54) is 5.56 Å². The fraction of sp³-hybridized carbons (Fsp3) is 0.280. The van der Waals surface area contributed by atoms with Crippen LogP contribution in [0.1, 0.15) is 24.0 Å². The number of likely N-dealkylation sites (tertiary alicyclic amines) is 1. The number of carbonyl (C=O) groups is 1. The minimum Gasteiger partial charge on any atom is -0.493 e. The number of para-hydroxylation sites is 1. The SMILES string of the molecule is COc1cc2c(cc1Oc1ccccc1)NC(=O)C21CCN(Cc2cccnc2)CC1. The Bertz CT molecular complexity index is 1080. The molecule has 6 heteroatoms. The number of benzene rings is 2. The molecule has 5 rings (SSSR count). The van der Waals surface area contributed by atoms with Gasteiger partial charge < -0.3 is 14.8 Å². The Kier molecular flexibility index (Phi) is 5.08. The molecule has 1 fully saturated rings. The summed E-state index contributed by atoms with van der Waals surface area (Å²) in [6.45, 7) is 2.56. The third-order valence-electron chi connectivity index (χ3n) is 6.31. The predicted octanol–water partition coefficient (Wildman–Crippen LogP) is 4.37. The van der Waals surface area contributed by atoms with E-state index >= 15 is 0 Å². The van der Waals surface area contributed by atoms with Crippen LogP contribution in [-0.2, 0) is 16.8 Å². The first-order chi connectivity index (χ1) is 15.2. The van der Waals surface area contributed by atoms with Gasteiger partial charge in [-0.3, -0.25) is 14.7 Å². The smallest absolute Gasteiger partial charge is 0.235 e. The first kappa shape index (κ1) is 19.6. The molecule has 1 amide bonds. The summed E-state index contributed by atoms with van der Waals surface area (Å²) in [5.74, 6) is 2.03. The Morgan fingerprint density at radius 1 is 1.06 bits per heavy atom. The largest absolute Gasteiger partial charge is 0.493 e. The lowest BCUT2D eigenvalue weighted by Gasteiger charge is -2.38. The maximum atomic E-state index is 13.1. The molecule has 6 nitrogen and oxygen atoms in total. The number of nitrogens with zero attached hydrogens (tertiary/aromatic N) is 2. The van der Waals surface area contributed by atoms with Gasteiger partial charge in [0.25, 0.3) is 0 Å². The zero-order chi connectivity index (χ0) is 21.3. The number of hydrogen-bond donors (Lipinski definition) is 1. The molecule has 1 aromatic heterocycles. The van der Waals surface area contributed by atoms with Crippen molar-refractivity contribution in [3.05, 3.63) is 78.1 Å². The number of amides is 1. The summed E-state index contributed by atoms with van der Waals surface area (Å²) < 4.78 is 11.7. The Hall–Kier alpha value is -3.38. The highest BCUT2D eigenvalue weighted by molar-refractivity contribution is 6.06. The summed E-state index contributed by atoms with van der Waals surface area (Å²) in [6, 6.07) is 17.5. The average molecular weight is 415 g/mol. The molecule has 1 N–H and O–H groups in total. The third-order valence-corrected chi connectivity index (χ3v) is 6.31. The van der Waals surface area contributed by atoms with Gasteiger partial charge in [-0.25, -0.2) is 0 Å². The van der Waals surface area contributed by atoms with Crippen molar-refractivity contribution in [2.45, 2.75) is 24.8 Å². The number of anilines is 1. The van der Waals surface area contributed by atoms with Gasteiger partial charge in [-0.05, 0) is 61.3 Å². The van der Waals surface area contributed by atoms with Crippen molar-refractivity contribution in [2.75, 3.05) is 25.5 Å². The van der Waals surface area contributed by atoms with Crippen LogP contribution in [-0.4, -0.2) is 36.0 Å². The molecule has 0 aliphatic carbocycles. The second-order valence-electron chi connectivity index (χ2n) is 8.14. The number of methoxy groups -OCH3 is 1. The van der Waals surface area contributed by atoms with E-state index in [4.69, 9.17) is 9.47 Å². The van der Waals surface area contributed by atoms with Gasteiger partial charge in [-0.1, -0.05) is 24.3 Å². The van der Waals surface area contributed by atoms with Crippen LogP contribution in [0.15, 0.2) is 67.0 Å². The lowest BCUT2D eigenvalue weighted by molar-refractivity contribution is -0.122. The standard InChI is InChI=1S/C25H25N3O3/c1-30-22-14-20-21(15-23(22)31-19-7-3-2-4-8-19)27-24(29)25(20)9-12-28(13-10-25)17-18-6-5-11-26-16-18/h2-8,11,14-16H,9-10,12-13,17H2,1H3,(H,27,29). The Morgan fingerprint density at radius 2 is 1.87 bits per heavy atom. The molecule has 2 aliphatic rings. The molecule has 0 radical (unpaired) electrons. The second kappa shape index (κ2) is 8.04. The van der Waals surface area contributed by atoms with Crippen molar-refractivity contribution in [2.24, 2.45) is 0 Å². The molecular formula is C25H25N3O3. The number of piperidine rings is 1. The fourth-order valence-corrected chi connectivity index (χ4v) is 4.62. The maximum absolute atomic E-state index is 13.1. The highest BCUT2D eigenvalue weighted by Crippen LogP contribution is 2.49. The Morgan fingerprint density at radius 3 is 2.58 bits per heavy atom. The molecule has 0 unspecified atom stereocenters. The molecule has 1 saturated heterocycles. The van der Waals surface area contributed by atoms with Crippen molar-refractivity contribution in [3.63, 3.8) is 0 Å². The van der Waals surface area contributed by atoms with Crippen molar-refractivity contribution >= 4 is 11.6 Å². The zero-order valence-corrected chi connectivity index (χ0v) is 17.5. The lowest BCUT2D eigenvalue weighted by atomic mass is 9.73. The molecule has 3 aromatic rings. The van der Waals surface area contributed by atoms with Gasteiger partial charge in [0, 0.05) is 30.7 Å². The number of nitrogens with one attached hydrogen (secondary N) is 1. The van der Waals surface area contributed by atoms with Gasteiger partial charge in [-0.15, -0.1) is 0 Å². The van der Waals surface area contributed by atoms with Crippen LogP contribution in [0.4, 0.5) is 5.69 Å². The number of ether oxygens (including phenoxy) is 2. The van der Waals surface area contributed by atoms with Crippen LogP contribution in [0, 0.1) is 0 Å². The molecule has 158 valence electrons. The van der Waals surface area contributed by atoms with E-state index in [2.05, 4.69) is 21.3 Å². The molecule has 3 heterocycles. The summed E-state index contributed by atoms with van der Waals surface area (Å²) in [6.07, 6.45) is 5.24. The predicted molar refractivity (Wildman–Crippen MR) is 119 cm³/mol. The monoisotopic (exact) mass is 415 g/mol. The lowest BCUT2D eigenvalue weighted by Crippen LogP contribution is -2.46. The van der Waals surface area contributed by atoms with Crippen LogP contribution >= 0.6 is 0 Å². The number of pyridine rings is 1. The second-order valence-corrected chi connectivity index (χ2v) is 8.14. The van der Waals surface area contributed by atoms with Crippen molar-refractivity contribution < 1.29 is 14.3 Å². The van der Waals surface area contributed by atoms with Crippen molar-refractivity contribution in [1.29, 1.82) is 0 Å². The van der Waals surface area contributed by atoms with Crippen LogP contribution in [0.25, 0.3) is 0 Å². The Labute approximate surface area is 181 Å². The van der Waals surface area contributed by atoms with Gasteiger partial charge in [0.1, 0.15) is 5.75 Å². The van der Waals surface area contributed by atoms with E-state index in [0.29, 0.717) is 11.5 Å². The first-order valence-electron chi connectivity index (χ1n) is 10.6. The van der Waals surface area contributed by atoms with Crippen molar-refractivity contribution in [1.82, 2.24) is 9.88 Å². The number of rotatable bonds is 5. The van der Waals surface area contributed by atoms with E-state index in [1.807, 2.05) is 54.7 Å². The minimum atomic E-state index is -0.515. The first-order valence-corrected chi connectivity index (χ1v) is 10.6. The number of aromatic nitrogens is 1. The van der Waals surface area contributed by atoms with Crippen LogP contribution in [0.2, 0.25) is 0 Å². The van der Waals surface area contributed by atoms with E-state index in [9.17, 15) is 4.79 Å². The summed E-state index contributed by atoms with van der Waals surface area (Å²) in [5, 5.41) is 3.10. The van der Waals surface area contributed by atoms with E-state index in [1.54, 1.807) is 13.3 Å². The summed E-state index contributed by atoms with van der Waals surface area (Å²) in [7, 11) is 1.63. The van der Waals surface area contributed by atoms with Gasteiger partial charge >= 0.3 is 0 Å². The van der Waals surface area contributed by atoms with Crippen molar-refractivity contribution in [3.8, 4) is 17.2 Å². The molecular weight excluding hydrogens is 390 g/mol. The highest BCUT2D eigenvalue weighted by Gasteiger charge is 2.49. The summed E-state index contributed by atoms with van der Waals surface area (Å²) >= 11 is 0. The topological polar surface area (TPSA) is 63.7 Å². The number of hydrogen-bond acceptors (Lipinski definition) is 5. The van der Waals surface area contributed by atoms with Gasteiger partial charge in [0.2, 0.25) is 5.91 Å². The molecule has 2 aromatic carbocycles. The van der Waals surface area contributed by atoms with Crippen LogP contribution in [0.3, 0.4) is 0 Å². The maximum Gasteiger partial charge on any atom is 0.235 e.